The summed E-state index contributed by atoms with van der Waals surface area (Å²) >= 11 is 6.26. The first kappa shape index (κ1) is 14.8. The summed E-state index contributed by atoms with van der Waals surface area (Å²) in [6, 6.07) is 23.0. The van der Waals surface area contributed by atoms with Gasteiger partial charge in [0.15, 0.2) is 0 Å². The van der Waals surface area contributed by atoms with E-state index in [1.54, 1.807) is 12.3 Å². The van der Waals surface area contributed by atoms with Gasteiger partial charge in [-0.1, -0.05) is 66.2 Å². The molecule has 110 valence electrons. The van der Waals surface area contributed by atoms with Crippen molar-refractivity contribution in [3.8, 4) is 0 Å². The first-order valence-electron chi connectivity index (χ1n) is 7.16. The van der Waals surface area contributed by atoms with Crippen LogP contribution < -0.4 is 0 Å². The zero-order chi connectivity index (χ0) is 15.4. The number of hydrogen-bond acceptors (Lipinski definition) is 2. The second-order valence-corrected chi connectivity index (χ2v) is 5.52. The summed E-state index contributed by atoms with van der Waals surface area (Å²) in [6.45, 7) is 0. The van der Waals surface area contributed by atoms with Gasteiger partial charge in [-0.15, -0.1) is 0 Å². The molecule has 2 atom stereocenters. The molecule has 3 heteroatoms. The molecular formula is C19H16ClNO. The first-order valence-corrected chi connectivity index (χ1v) is 7.53. The summed E-state index contributed by atoms with van der Waals surface area (Å²) in [5.41, 5.74) is 2.54. The number of nitrogens with zero attached hydrogens (tertiary/aromatic N) is 1. The van der Waals surface area contributed by atoms with E-state index in [4.69, 9.17) is 11.6 Å². The Hall–Kier alpha value is -2.16. The van der Waals surface area contributed by atoms with Gasteiger partial charge < -0.3 is 5.11 Å². The van der Waals surface area contributed by atoms with Gasteiger partial charge in [-0.05, 0) is 23.8 Å². The molecule has 2 aromatic carbocycles. The van der Waals surface area contributed by atoms with Gasteiger partial charge in [0.2, 0.25) is 0 Å². The van der Waals surface area contributed by atoms with Gasteiger partial charge in [-0.3, -0.25) is 4.98 Å². The molecule has 0 aliphatic carbocycles. The Morgan fingerprint density at radius 2 is 1.50 bits per heavy atom. The third kappa shape index (κ3) is 3.03. The van der Waals surface area contributed by atoms with Gasteiger partial charge in [0.05, 0.1) is 17.7 Å². The minimum Gasteiger partial charge on any atom is -0.387 e. The Balaban J connectivity index is 2.08. The number of aliphatic hydroxyl groups is 1. The zero-order valence-corrected chi connectivity index (χ0v) is 12.7. The maximum atomic E-state index is 10.9. The Morgan fingerprint density at radius 1 is 0.818 bits per heavy atom. The lowest BCUT2D eigenvalue weighted by Crippen LogP contribution is -2.14. The molecule has 0 amide bonds. The summed E-state index contributed by atoms with van der Waals surface area (Å²) in [4.78, 5) is 4.43. The lowest BCUT2D eigenvalue weighted by atomic mass is 9.86. The highest BCUT2D eigenvalue weighted by atomic mass is 35.5. The van der Waals surface area contributed by atoms with Crippen LogP contribution >= 0.6 is 11.6 Å². The molecule has 1 aromatic heterocycles. The van der Waals surface area contributed by atoms with E-state index < -0.39 is 6.10 Å². The van der Waals surface area contributed by atoms with Crippen LogP contribution in [0.25, 0.3) is 0 Å². The number of rotatable bonds is 4. The highest BCUT2D eigenvalue weighted by molar-refractivity contribution is 6.31. The van der Waals surface area contributed by atoms with Crippen molar-refractivity contribution in [1.82, 2.24) is 4.98 Å². The fourth-order valence-corrected chi connectivity index (χ4v) is 2.88. The van der Waals surface area contributed by atoms with Crippen LogP contribution in [0, 0.1) is 0 Å². The van der Waals surface area contributed by atoms with Gasteiger partial charge in [0.1, 0.15) is 0 Å². The van der Waals surface area contributed by atoms with E-state index in [2.05, 4.69) is 4.98 Å². The van der Waals surface area contributed by atoms with Crippen molar-refractivity contribution in [2.24, 2.45) is 0 Å². The number of benzene rings is 2. The van der Waals surface area contributed by atoms with Crippen LogP contribution in [0.5, 0.6) is 0 Å². The minimum atomic E-state index is -0.758. The molecule has 0 radical (unpaired) electrons. The Kier molecular flexibility index (Phi) is 4.52. The molecule has 0 fully saturated rings. The van der Waals surface area contributed by atoms with Crippen LogP contribution in [-0.2, 0) is 0 Å². The number of aliphatic hydroxyl groups excluding tert-OH is 1. The Morgan fingerprint density at radius 3 is 2.18 bits per heavy atom. The van der Waals surface area contributed by atoms with E-state index in [-0.39, 0.29) is 5.92 Å². The van der Waals surface area contributed by atoms with Crippen LogP contribution in [0.4, 0.5) is 0 Å². The molecule has 0 bridgehead atoms. The minimum absolute atomic E-state index is 0.262. The summed E-state index contributed by atoms with van der Waals surface area (Å²) < 4.78 is 0. The maximum Gasteiger partial charge on any atom is 0.0928 e. The van der Waals surface area contributed by atoms with Crippen molar-refractivity contribution >= 4 is 11.6 Å². The highest BCUT2D eigenvalue weighted by Crippen LogP contribution is 2.38. The summed E-state index contributed by atoms with van der Waals surface area (Å²) in [5, 5.41) is 11.5. The van der Waals surface area contributed by atoms with Crippen molar-refractivity contribution < 1.29 is 5.11 Å². The van der Waals surface area contributed by atoms with E-state index in [9.17, 15) is 5.11 Å². The third-order valence-corrected chi connectivity index (χ3v) is 4.05. The topological polar surface area (TPSA) is 33.1 Å². The predicted octanol–water partition coefficient (Wildman–Crippen LogP) is 4.60. The van der Waals surface area contributed by atoms with Crippen LogP contribution in [0.1, 0.15) is 28.8 Å². The molecule has 0 saturated carbocycles. The predicted molar refractivity (Wildman–Crippen MR) is 88.9 cm³/mol. The number of halogens is 1. The summed E-state index contributed by atoms with van der Waals surface area (Å²) in [6.07, 6.45) is 0.982. The van der Waals surface area contributed by atoms with Crippen molar-refractivity contribution in [3.63, 3.8) is 0 Å². The lowest BCUT2D eigenvalue weighted by Gasteiger charge is -2.24. The van der Waals surface area contributed by atoms with E-state index in [0.717, 1.165) is 11.3 Å². The number of pyridine rings is 1. The van der Waals surface area contributed by atoms with Crippen molar-refractivity contribution in [2.45, 2.75) is 12.0 Å². The van der Waals surface area contributed by atoms with Crippen LogP contribution in [0.2, 0.25) is 5.02 Å². The highest BCUT2D eigenvalue weighted by Gasteiger charge is 2.26. The first-order chi connectivity index (χ1) is 10.8. The largest absolute Gasteiger partial charge is 0.387 e. The second kappa shape index (κ2) is 6.73. The Labute approximate surface area is 135 Å². The van der Waals surface area contributed by atoms with Gasteiger partial charge in [-0.2, -0.15) is 0 Å². The monoisotopic (exact) mass is 309 g/mol. The standard InChI is InChI=1S/C19H16ClNO/c20-16-11-5-4-10-15(16)19(22)18(14-8-2-1-3-9-14)17-12-6-7-13-21-17/h1-13,18-19,22H/t18-,19+/m0/s1. The maximum absolute atomic E-state index is 10.9. The smallest absolute Gasteiger partial charge is 0.0928 e. The molecule has 22 heavy (non-hydrogen) atoms. The molecule has 1 heterocycles. The van der Waals surface area contributed by atoms with Crippen LogP contribution in [0.3, 0.4) is 0 Å². The van der Waals surface area contributed by atoms with E-state index in [1.165, 1.54) is 0 Å². The fraction of sp³-hybridized carbons (Fsp3) is 0.105. The molecule has 0 unspecified atom stereocenters. The van der Waals surface area contributed by atoms with Gasteiger partial charge in [0, 0.05) is 16.8 Å². The zero-order valence-electron chi connectivity index (χ0n) is 11.9. The molecule has 0 spiro atoms. The third-order valence-electron chi connectivity index (χ3n) is 3.70. The van der Waals surface area contributed by atoms with Crippen molar-refractivity contribution in [1.29, 1.82) is 0 Å². The van der Waals surface area contributed by atoms with Gasteiger partial charge >= 0.3 is 0 Å². The molecule has 0 aliphatic heterocycles. The van der Waals surface area contributed by atoms with Crippen molar-refractivity contribution in [2.75, 3.05) is 0 Å². The van der Waals surface area contributed by atoms with Crippen molar-refractivity contribution in [3.05, 3.63) is 101 Å². The van der Waals surface area contributed by atoms with Crippen LogP contribution in [0.15, 0.2) is 79.0 Å². The molecule has 3 rings (SSSR count). The second-order valence-electron chi connectivity index (χ2n) is 5.11. The van der Waals surface area contributed by atoms with Gasteiger partial charge in [-0.25, -0.2) is 0 Å². The molecule has 0 saturated heterocycles. The lowest BCUT2D eigenvalue weighted by molar-refractivity contribution is 0.157. The molecule has 3 aromatic rings. The average Bonchev–Trinajstić information content (AvgIpc) is 2.57. The Bertz CT molecular complexity index is 691. The quantitative estimate of drug-likeness (QED) is 0.764. The number of aromatic nitrogens is 1. The molecular weight excluding hydrogens is 294 g/mol. The van der Waals surface area contributed by atoms with E-state index in [1.807, 2.05) is 66.7 Å². The fourth-order valence-electron chi connectivity index (χ4n) is 2.63. The van der Waals surface area contributed by atoms with Gasteiger partial charge in [0.25, 0.3) is 0 Å². The summed E-state index contributed by atoms with van der Waals surface area (Å²) in [7, 11) is 0. The normalized spacial score (nSPS) is 13.5. The van der Waals surface area contributed by atoms with E-state index >= 15 is 0 Å². The summed E-state index contributed by atoms with van der Waals surface area (Å²) in [5.74, 6) is -0.262. The number of hydrogen-bond donors (Lipinski definition) is 1. The molecule has 2 nitrogen and oxygen atoms in total. The molecule has 1 N–H and O–H groups in total. The van der Waals surface area contributed by atoms with Crippen LogP contribution in [-0.4, -0.2) is 10.1 Å². The average molecular weight is 310 g/mol. The SMILES string of the molecule is O[C@H](c1ccccc1Cl)[C@@H](c1ccccc1)c1ccccn1. The van der Waals surface area contributed by atoms with E-state index in [0.29, 0.717) is 10.6 Å². The molecule has 0 aliphatic rings.